The number of nitrogens with one attached hydrogen (secondary N) is 2. The van der Waals surface area contributed by atoms with Crippen molar-refractivity contribution in [1.29, 1.82) is 0 Å². The number of ether oxygens (including phenoxy) is 1. The number of aromatic amines is 1. The van der Waals surface area contributed by atoms with E-state index in [9.17, 15) is 22.8 Å². The summed E-state index contributed by atoms with van der Waals surface area (Å²) >= 11 is 0.209. The minimum Gasteiger partial charge on any atom is -0.462 e. The molecule has 0 unspecified atom stereocenters. The molecule has 1 amide bonds. The minimum atomic E-state index is -4.63. The molecule has 0 aliphatic heterocycles. The maximum atomic E-state index is 12.5. The standard InChI is InChI=1S/C13H13F3N4O3S/c1-4-23-10(22)7-5(2)8(17-6(7)3)9(21)18-12-20-19-11(24-12)13(14,15)16/h17H,4H2,1-3H3,(H,18,20,21). The van der Waals surface area contributed by atoms with E-state index < -0.39 is 23.1 Å². The van der Waals surface area contributed by atoms with E-state index in [1.165, 1.54) is 6.92 Å². The monoisotopic (exact) mass is 362 g/mol. The van der Waals surface area contributed by atoms with Crippen LogP contribution in [0.4, 0.5) is 18.3 Å². The third-order valence-electron chi connectivity index (χ3n) is 3.03. The molecule has 0 aliphatic rings. The molecule has 0 saturated heterocycles. The number of hydrogen-bond acceptors (Lipinski definition) is 6. The van der Waals surface area contributed by atoms with Crippen molar-refractivity contribution >= 4 is 28.3 Å². The highest BCUT2D eigenvalue weighted by Crippen LogP contribution is 2.33. The van der Waals surface area contributed by atoms with E-state index in [0.717, 1.165) is 0 Å². The van der Waals surface area contributed by atoms with Crippen molar-refractivity contribution in [2.75, 3.05) is 11.9 Å². The van der Waals surface area contributed by atoms with Crippen LogP contribution in [-0.2, 0) is 10.9 Å². The fourth-order valence-corrected chi connectivity index (χ4v) is 2.64. The second-order valence-electron chi connectivity index (χ2n) is 4.71. The first-order valence-electron chi connectivity index (χ1n) is 6.73. The van der Waals surface area contributed by atoms with Crippen molar-refractivity contribution in [3.05, 3.63) is 27.5 Å². The van der Waals surface area contributed by atoms with Crippen molar-refractivity contribution in [3.8, 4) is 0 Å². The van der Waals surface area contributed by atoms with Gasteiger partial charge in [0, 0.05) is 5.69 Å². The van der Waals surface area contributed by atoms with Crippen LogP contribution in [0.5, 0.6) is 0 Å². The number of carbonyl (C=O) groups excluding carboxylic acids is 2. The van der Waals surface area contributed by atoms with Crippen LogP contribution < -0.4 is 5.32 Å². The van der Waals surface area contributed by atoms with Crippen LogP contribution in [0.15, 0.2) is 0 Å². The summed E-state index contributed by atoms with van der Waals surface area (Å²) in [5.41, 5.74) is 1.02. The number of H-pyrrole nitrogens is 1. The molecule has 130 valence electrons. The predicted octanol–water partition coefficient (Wildman–Crippen LogP) is 2.93. The van der Waals surface area contributed by atoms with Crippen LogP contribution in [0.1, 0.15) is 44.0 Å². The van der Waals surface area contributed by atoms with Crippen LogP contribution in [0, 0.1) is 13.8 Å². The van der Waals surface area contributed by atoms with Gasteiger partial charge in [0.2, 0.25) is 10.1 Å². The molecule has 0 aromatic carbocycles. The van der Waals surface area contributed by atoms with Crippen LogP contribution in [0.25, 0.3) is 0 Å². The highest BCUT2D eigenvalue weighted by Gasteiger charge is 2.36. The van der Waals surface area contributed by atoms with Gasteiger partial charge in [-0.3, -0.25) is 10.1 Å². The zero-order chi connectivity index (χ0) is 18.1. The Morgan fingerprint density at radius 2 is 1.96 bits per heavy atom. The zero-order valence-electron chi connectivity index (χ0n) is 12.9. The molecule has 2 aromatic rings. The summed E-state index contributed by atoms with van der Waals surface area (Å²) in [5, 5.41) is 7.03. The number of anilines is 1. The third kappa shape index (κ3) is 3.55. The van der Waals surface area contributed by atoms with Crippen LogP contribution >= 0.6 is 11.3 Å². The molecule has 0 aliphatic carbocycles. The Balaban J connectivity index is 2.23. The van der Waals surface area contributed by atoms with E-state index in [-0.39, 0.29) is 34.3 Å². The highest BCUT2D eigenvalue weighted by atomic mass is 32.1. The summed E-state index contributed by atoms with van der Waals surface area (Å²) in [5.74, 6) is -1.31. The van der Waals surface area contributed by atoms with Gasteiger partial charge in [-0.15, -0.1) is 10.2 Å². The quantitative estimate of drug-likeness (QED) is 0.815. The van der Waals surface area contributed by atoms with E-state index in [4.69, 9.17) is 4.74 Å². The number of esters is 1. The molecular weight excluding hydrogens is 349 g/mol. The van der Waals surface area contributed by atoms with Gasteiger partial charge in [-0.25, -0.2) is 4.79 Å². The van der Waals surface area contributed by atoms with Gasteiger partial charge in [-0.1, -0.05) is 11.3 Å². The molecule has 2 rings (SSSR count). The fraction of sp³-hybridized carbons (Fsp3) is 0.385. The van der Waals surface area contributed by atoms with Crippen LogP contribution in [-0.4, -0.2) is 33.7 Å². The summed E-state index contributed by atoms with van der Waals surface area (Å²) in [4.78, 5) is 26.8. The van der Waals surface area contributed by atoms with Gasteiger partial charge >= 0.3 is 12.1 Å². The zero-order valence-corrected chi connectivity index (χ0v) is 13.7. The van der Waals surface area contributed by atoms with Crippen molar-refractivity contribution in [3.63, 3.8) is 0 Å². The summed E-state index contributed by atoms with van der Waals surface area (Å²) in [6.45, 7) is 4.95. The number of rotatable bonds is 4. The molecule has 0 radical (unpaired) electrons. The highest BCUT2D eigenvalue weighted by molar-refractivity contribution is 7.15. The Hall–Kier alpha value is -2.43. The molecule has 0 atom stereocenters. The number of nitrogens with zero attached hydrogens (tertiary/aromatic N) is 2. The molecule has 2 heterocycles. The van der Waals surface area contributed by atoms with E-state index in [0.29, 0.717) is 11.3 Å². The second kappa shape index (κ2) is 6.59. The molecule has 0 bridgehead atoms. The van der Waals surface area contributed by atoms with Gasteiger partial charge in [0.25, 0.3) is 5.91 Å². The molecule has 0 fully saturated rings. The lowest BCUT2D eigenvalue weighted by molar-refractivity contribution is -0.138. The normalized spacial score (nSPS) is 11.4. The molecule has 7 nitrogen and oxygen atoms in total. The predicted molar refractivity (Wildman–Crippen MR) is 79.1 cm³/mol. The van der Waals surface area contributed by atoms with E-state index in [1.807, 2.05) is 0 Å². The topological polar surface area (TPSA) is 97.0 Å². The summed E-state index contributed by atoms with van der Waals surface area (Å²) < 4.78 is 42.3. The number of hydrogen-bond donors (Lipinski definition) is 2. The molecular formula is C13H13F3N4O3S. The summed E-state index contributed by atoms with van der Waals surface area (Å²) in [6, 6.07) is 0. The first kappa shape index (κ1) is 17.9. The largest absolute Gasteiger partial charge is 0.462 e. The van der Waals surface area contributed by atoms with Gasteiger partial charge < -0.3 is 9.72 Å². The number of amides is 1. The van der Waals surface area contributed by atoms with E-state index in [1.54, 1.807) is 13.8 Å². The summed E-state index contributed by atoms with van der Waals surface area (Å²) in [6.07, 6.45) is -4.63. The molecule has 0 saturated carbocycles. The van der Waals surface area contributed by atoms with Gasteiger partial charge in [0.1, 0.15) is 5.69 Å². The first-order valence-corrected chi connectivity index (χ1v) is 7.55. The van der Waals surface area contributed by atoms with Gasteiger partial charge in [-0.05, 0) is 26.3 Å². The average Bonchev–Trinajstić information content (AvgIpc) is 3.03. The second-order valence-corrected chi connectivity index (χ2v) is 5.69. The van der Waals surface area contributed by atoms with Crippen molar-refractivity contribution in [2.24, 2.45) is 0 Å². The Bertz CT molecular complexity index is 782. The van der Waals surface area contributed by atoms with Gasteiger partial charge in [-0.2, -0.15) is 13.2 Å². The Kier molecular flexibility index (Phi) is 4.92. The number of alkyl halides is 3. The number of halogens is 3. The maximum absolute atomic E-state index is 12.5. The van der Waals surface area contributed by atoms with E-state index >= 15 is 0 Å². The van der Waals surface area contributed by atoms with Crippen molar-refractivity contribution < 1.29 is 27.5 Å². The van der Waals surface area contributed by atoms with Gasteiger partial charge in [0.05, 0.1) is 12.2 Å². The smallest absolute Gasteiger partial charge is 0.445 e. The molecule has 2 aromatic heterocycles. The Morgan fingerprint density at radius 1 is 1.29 bits per heavy atom. The SMILES string of the molecule is CCOC(=O)c1c(C)[nH]c(C(=O)Nc2nnc(C(F)(F)F)s2)c1C. The summed E-state index contributed by atoms with van der Waals surface area (Å²) in [7, 11) is 0. The van der Waals surface area contributed by atoms with E-state index in [2.05, 4.69) is 20.5 Å². The lowest BCUT2D eigenvalue weighted by atomic mass is 10.1. The molecule has 2 N–H and O–H groups in total. The number of aryl methyl sites for hydroxylation is 1. The average molecular weight is 362 g/mol. The van der Waals surface area contributed by atoms with Crippen LogP contribution in [0.2, 0.25) is 0 Å². The third-order valence-corrected chi connectivity index (χ3v) is 3.92. The minimum absolute atomic E-state index is 0.0410. The first-order chi connectivity index (χ1) is 11.1. The van der Waals surface area contributed by atoms with Gasteiger partial charge in [0.15, 0.2) is 0 Å². The number of carbonyl (C=O) groups is 2. The Labute approximate surface area is 138 Å². The van der Waals surface area contributed by atoms with Crippen molar-refractivity contribution in [1.82, 2.24) is 15.2 Å². The molecule has 0 spiro atoms. The fourth-order valence-electron chi connectivity index (χ4n) is 2.03. The van der Waals surface area contributed by atoms with Crippen molar-refractivity contribution in [2.45, 2.75) is 26.9 Å². The van der Waals surface area contributed by atoms with Crippen LogP contribution in [0.3, 0.4) is 0 Å². The molecule has 24 heavy (non-hydrogen) atoms. The lowest BCUT2D eigenvalue weighted by Crippen LogP contribution is -2.14. The maximum Gasteiger partial charge on any atom is 0.445 e. The number of aromatic nitrogens is 3. The lowest BCUT2D eigenvalue weighted by Gasteiger charge is -2.03. The Morgan fingerprint density at radius 3 is 2.50 bits per heavy atom. The molecule has 11 heteroatoms.